The van der Waals surface area contributed by atoms with Crippen molar-refractivity contribution in [3.8, 4) is 0 Å². The predicted molar refractivity (Wildman–Crippen MR) is 50.5 cm³/mol. The highest BCUT2D eigenvalue weighted by atomic mass is 32.2. The van der Waals surface area contributed by atoms with Crippen LogP contribution in [-0.2, 0) is 0 Å². The van der Waals surface area contributed by atoms with E-state index >= 15 is 0 Å². The van der Waals surface area contributed by atoms with E-state index in [4.69, 9.17) is 5.73 Å². The maximum absolute atomic E-state index is 5.43. The smallest absolute Gasteiger partial charge is 0.00651 e. The standard InChI is InChI=1S/C8H19NS/c1-3-10-7-5-8(2)4-6-9/h8H,3-7,9H2,1-2H3. The van der Waals surface area contributed by atoms with Crippen LogP contribution in [0.2, 0.25) is 0 Å². The van der Waals surface area contributed by atoms with Gasteiger partial charge in [0.1, 0.15) is 0 Å². The molecule has 0 saturated heterocycles. The highest BCUT2D eigenvalue weighted by molar-refractivity contribution is 7.99. The summed E-state index contributed by atoms with van der Waals surface area (Å²) in [5.74, 6) is 3.37. The second-order valence-corrected chi connectivity index (χ2v) is 4.06. The van der Waals surface area contributed by atoms with Gasteiger partial charge in [0.25, 0.3) is 0 Å². The predicted octanol–water partition coefficient (Wildman–Crippen LogP) is 2.11. The molecular formula is C8H19NS. The highest BCUT2D eigenvalue weighted by Gasteiger charge is 1.98. The van der Waals surface area contributed by atoms with Gasteiger partial charge in [-0.2, -0.15) is 11.8 Å². The summed E-state index contributed by atoms with van der Waals surface area (Å²) in [6.07, 6.45) is 2.51. The Morgan fingerprint density at radius 3 is 2.60 bits per heavy atom. The second kappa shape index (κ2) is 7.42. The van der Waals surface area contributed by atoms with E-state index in [1.54, 1.807) is 0 Å². The number of rotatable bonds is 6. The normalized spacial score (nSPS) is 13.5. The zero-order valence-corrected chi connectivity index (χ0v) is 7.91. The van der Waals surface area contributed by atoms with Crippen LogP contribution < -0.4 is 5.73 Å². The number of thioether (sulfide) groups is 1. The van der Waals surface area contributed by atoms with Crippen molar-refractivity contribution in [2.75, 3.05) is 18.1 Å². The zero-order chi connectivity index (χ0) is 7.82. The van der Waals surface area contributed by atoms with Crippen LogP contribution in [0.4, 0.5) is 0 Å². The first-order valence-corrected chi connectivity index (χ1v) is 5.24. The fraction of sp³-hybridized carbons (Fsp3) is 1.00. The second-order valence-electron chi connectivity index (χ2n) is 2.67. The van der Waals surface area contributed by atoms with Crippen molar-refractivity contribution in [1.29, 1.82) is 0 Å². The summed E-state index contributed by atoms with van der Waals surface area (Å²) in [7, 11) is 0. The first-order chi connectivity index (χ1) is 4.81. The van der Waals surface area contributed by atoms with Crippen LogP contribution in [-0.4, -0.2) is 18.1 Å². The minimum Gasteiger partial charge on any atom is -0.330 e. The molecule has 0 aliphatic heterocycles. The van der Waals surface area contributed by atoms with Gasteiger partial charge in [0.15, 0.2) is 0 Å². The largest absolute Gasteiger partial charge is 0.330 e. The molecule has 1 nitrogen and oxygen atoms in total. The van der Waals surface area contributed by atoms with Crippen molar-refractivity contribution in [2.24, 2.45) is 11.7 Å². The topological polar surface area (TPSA) is 26.0 Å². The maximum atomic E-state index is 5.43. The average Bonchev–Trinajstić information content (AvgIpc) is 1.89. The van der Waals surface area contributed by atoms with Crippen LogP contribution in [0.1, 0.15) is 26.7 Å². The molecule has 1 atom stereocenters. The highest BCUT2D eigenvalue weighted by Crippen LogP contribution is 2.11. The lowest BCUT2D eigenvalue weighted by atomic mass is 10.1. The Kier molecular flexibility index (Phi) is 7.65. The van der Waals surface area contributed by atoms with E-state index in [-0.39, 0.29) is 0 Å². The average molecular weight is 161 g/mol. The van der Waals surface area contributed by atoms with Crippen LogP contribution in [0.5, 0.6) is 0 Å². The van der Waals surface area contributed by atoms with E-state index in [0.717, 1.165) is 12.5 Å². The third kappa shape index (κ3) is 6.43. The summed E-state index contributed by atoms with van der Waals surface area (Å²) in [5, 5.41) is 0. The summed E-state index contributed by atoms with van der Waals surface area (Å²) in [6.45, 7) is 5.33. The van der Waals surface area contributed by atoms with Crippen LogP contribution in [0.15, 0.2) is 0 Å². The lowest BCUT2D eigenvalue weighted by molar-refractivity contribution is 0.528. The van der Waals surface area contributed by atoms with Crippen LogP contribution >= 0.6 is 11.8 Å². The molecule has 0 aliphatic carbocycles. The SMILES string of the molecule is CCSCCC(C)CCN. The van der Waals surface area contributed by atoms with Crippen LogP contribution in [0.3, 0.4) is 0 Å². The lowest BCUT2D eigenvalue weighted by Crippen LogP contribution is -2.06. The zero-order valence-electron chi connectivity index (χ0n) is 7.10. The van der Waals surface area contributed by atoms with Crippen LogP contribution in [0.25, 0.3) is 0 Å². The Bertz CT molecular complexity index is 66.3. The Labute approximate surface area is 68.8 Å². The maximum Gasteiger partial charge on any atom is -0.00651 e. The molecule has 0 fully saturated rings. The van der Waals surface area contributed by atoms with E-state index < -0.39 is 0 Å². The van der Waals surface area contributed by atoms with Crippen LogP contribution in [0, 0.1) is 5.92 Å². The van der Waals surface area contributed by atoms with Crippen molar-refractivity contribution in [3.63, 3.8) is 0 Å². The molecule has 0 aliphatic rings. The van der Waals surface area contributed by atoms with Gasteiger partial charge < -0.3 is 5.73 Å². The quantitative estimate of drug-likeness (QED) is 0.604. The minimum absolute atomic E-state index is 0.823. The Morgan fingerprint density at radius 1 is 1.40 bits per heavy atom. The van der Waals surface area contributed by atoms with E-state index in [9.17, 15) is 0 Å². The van der Waals surface area contributed by atoms with Gasteiger partial charge in [-0.25, -0.2) is 0 Å². The third-order valence-corrected chi connectivity index (χ3v) is 2.55. The Morgan fingerprint density at radius 2 is 2.10 bits per heavy atom. The molecule has 0 aromatic rings. The summed E-state index contributed by atoms with van der Waals surface area (Å²) >= 11 is 2.02. The van der Waals surface area contributed by atoms with Gasteiger partial charge >= 0.3 is 0 Å². The third-order valence-electron chi connectivity index (χ3n) is 1.62. The molecule has 0 radical (unpaired) electrons. The van der Waals surface area contributed by atoms with E-state index in [2.05, 4.69) is 13.8 Å². The summed E-state index contributed by atoms with van der Waals surface area (Å²) in [5.41, 5.74) is 5.43. The van der Waals surface area contributed by atoms with E-state index in [1.807, 2.05) is 11.8 Å². The van der Waals surface area contributed by atoms with Crippen molar-refractivity contribution in [1.82, 2.24) is 0 Å². The van der Waals surface area contributed by atoms with Gasteiger partial charge in [-0.05, 0) is 36.8 Å². The van der Waals surface area contributed by atoms with E-state index in [0.29, 0.717) is 0 Å². The molecule has 1 unspecified atom stereocenters. The van der Waals surface area contributed by atoms with Gasteiger partial charge in [0, 0.05) is 0 Å². The van der Waals surface area contributed by atoms with Gasteiger partial charge in [-0.1, -0.05) is 13.8 Å². The molecule has 0 heterocycles. The molecule has 0 saturated carbocycles. The van der Waals surface area contributed by atoms with Crippen molar-refractivity contribution < 1.29 is 0 Å². The summed E-state index contributed by atoms with van der Waals surface area (Å²) in [6, 6.07) is 0. The first kappa shape index (κ1) is 10.3. The van der Waals surface area contributed by atoms with E-state index in [1.165, 1.54) is 24.3 Å². The molecule has 2 heteroatoms. The monoisotopic (exact) mass is 161 g/mol. The molecular weight excluding hydrogens is 142 g/mol. The molecule has 0 bridgehead atoms. The molecule has 0 amide bonds. The van der Waals surface area contributed by atoms with Crippen molar-refractivity contribution in [2.45, 2.75) is 26.7 Å². The molecule has 62 valence electrons. The van der Waals surface area contributed by atoms with Gasteiger partial charge in [-0.15, -0.1) is 0 Å². The summed E-state index contributed by atoms with van der Waals surface area (Å²) in [4.78, 5) is 0. The van der Waals surface area contributed by atoms with Gasteiger partial charge in [-0.3, -0.25) is 0 Å². The fourth-order valence-corrected chi connectivity index (χ4v) is 1.72. The summed E-state index contributed by atoms with van der Waals surface area (Å²) < 4.78 is 0. The fourth-order valence-electron chi connectivity index (χ4n) is 0.858. The number of hydrogen-bond donors (Lipinski definition) is 1. The molecule has 0 spiro atoms. The van der Waals surface area contributed by atoms with Crippen molar-refractivity contribution >= 4 is 11.8 Å². The van der Waals surface area contributed by atoms with Crippen molar-refractivity contribution in [3.05, 3.63) is 0 Å². The molecule has 10 heavy (non-hydrogen) atoms. The Balaban J connectivity index is 2.97. The molecule has 0 aromatic carbocycles. The number of nitrogens with two attached hydrogens (primary N) is 1. The first-order valence-electron chi connectivity index (χ1n) is 4.09. The molecule has 0 rings (SSSR count). The van der Waals surface area contributed by atoms with Gasteiger partial charge in [0.05, 0.1) is 0 Å². The minimum atomic E-state index is 0.823. The van der Waals surface area contributed by atoms with Gasteiger partial charge in [0.2, 0.25) is 0 Å². The number of hydrogen-bond acceptors (Lipinski definition) is 2. The molecule has 2 N–H and O–H groups in total. The molecule has 0 aromatic heterocycles. The lowest BCUT2D eigenvalue weighted by Gasteiger charge is -2.07. The Hall–Kier alpha value is 0.310.